The molecule has 0 spiro atoms. The van der Waals surface area contributed by atoms with Gasteiger partial charge in [-0.1, -0.05) is 147 Å². The quantitative estimate of drug-likeness (QED) is 0.0791. The Morgan fingerprint density at radius 3 is 0.671 bits per heavy atom. The van der Waals surface area contributed by atoms with Gasteiger partial charge in [0.15, 0.2) is 0 Å². The molecule has 14 heteroatoms. The lowest BCUT2D eigenvalue weighted by Gasteiger charge is -2.29. The summed E-state index contributed by atoms with van der Waals surface area (Å²) < 4.78 is 19.8. The van der Waals surface area contributed by atoms with E-state index in [-0.39, 0.29) is 96.5 Å². The number of rotatable bonds is 12. The van der Waals surface area contributed by atoms with Gasteiger partial charge in [-0.15, -0.1) is 24.8 Å². The molecular weight excluding hydrogens is 928 g/mol. The zero-order chi connectivity index (χ0) is 48.4. The van der Waals surface area contributed by atoms with Crippen LogP contribution in [0.15, 0.2) is 121 Å². The van der Waals surface area contributed by atoms with Crippen LogP contribution in [0.3, 0.4) is 0 Å². The van der Waals surface area contributed by atoms with Crippen molar-refractivity contribution in [2.75, 3.05) is 54.6 Å². The van der Waals surface area contributed by atoms with Crippen LogP contribution in [-0.4, -0.2) is 103 Å². The van der Waals surface area contributed by atoms with Crippen molar-refractivity contribution >= 4 is 48.7 Å². The number of benzene rings is 4. The predicted molar refractivity (Wildman–Crippen MR) is 282 cm³/mol. The maximum Gasteiger partial charge on any atom is 0.314 e. The van der Waals surface area contributed by atoms with E-state index in [4.69, 9.17) is 18.9 Å². The molecule has 12 nitrogen and oxygen atoms in total. The molecule has 70 heavy (non-hydrogen) atoms. The van der Waals surface area contributed by atoms with Crippen molar-refractivity contribution in [2.45, 2.75) is 125 Å². The molecule has 4 aromatic rings. The van der Waals surface area contributed by atoms with Gasteiger partial charge >= 0.3 is 23.9 Å². The maximum absolute atomic E-state index is 11.9. The van der Waals surface area contributed by atoms with Gasteiger partial charge in [-0.05, 0) is 99.8 Å². The van der Waals surface area contributed by atoms with Crippen LogP contribution in [0, 0.1) is 0 Å². The van der Waals surface area contributed by atoms with Crippen LogP contribution < -0.4 is 21.3 Å². The molecule has 4 N–H and O–H groups in total. The van der Waals surface area contributed by atoms with E-state index in [0.717, 1.165) is 74.1 Å². The number of nitrogens with one attached hydrogen (secondary N) is 4. The molecule has 4 heterocycles. The van der Waals surface area contributed by atoms with E-state index in [1.807, 2.05) is 121 Å². The van der Waals surface area contributed by atoms with Gasteiger partial charge in [0, 0.05) is 24.2 Å². The highest BCUT2D eigenvalue weighted by molar-refractivity contribution is 5.86. The average molecular weight is 1010 g/mol. The largest absolute Gasteiger partial charge is 0.469 e. The Morgan fingerprint density at radius 2 is 0.529 bits per heavy atom. The van der Waals surface area contributed by atoms with Gasteiger partial charge in [0.1, 0.15) is 0 Å². The molecule has 0 aromatic heterocycles. The Balaban J connectivity index is 0.000000245. The van der Waals surface area contributed by atoms with Crippen molar-refractivity contribution in [1.82, 2.24) is 21.3 Å². The zero-order valence-corrected chi connectivity index (χ0v) is 43.2. The van der Waals surface area contributed by atoms with Gasteiger partial charge in [0.2, 0.25) is 0 Å². The fourth-order valence-electron chi connectivity index (χ4n) is 9.93. The Hall–Kier alpha value is -4.82. The third-order valence-corrected chi connectivity index (χ3v) is 13.5. The summed E-state index contributed by atoms with van der Waals surface area (Å²) in [6.45, 7) is 3.96. The number of ether oxygens (including phenoxy) is 4. The molecule has 0 saturated carbocycles. The molecule has 384 valence electrons. The summed E-state index contributed by atoms with van der Waals surface area (Å²) in [5, 5.41) is 13.7. The first-order valence-electron chi connectivity index (χ1n) is 24.8. The van der Waals surface area contributed by atoms with Crippen molar-refractivity contribution in [1.29, 1.82) is 0 Å². The summed E-state index contributed by atoms with van der Waals surface area (Å²) in [7, 11) is 5.84. The van der Waals surface area contributed by atoms with E-state index < -0.39 is 0 Å². The molecule has 4 saturated heterocycles. The Morgan fingerprint density at radius 1 is 0.343 bits per heavy atom. The molecule has 4 fully saturated rings. The highest BCUT2D eigenvalue weighted by Crippen LogP contribution is 2.30. The molecule has 6 unspecified atom stereocenters. The summed E-state index contributed by atoms with van der Waals surface area (Å²) in [4.78, 5) is 47.8. The van der Waals surface area contributed by atoms with Gasteiger partial charge in [0.25, 0.3) is 0 Å². The first-order chi connectivity index (χ1) is 33.3. The number of carbonyl (C=O) groups is 4. The molecule has 0 amide bonds. The third-order valence-electron chi connectivity index (χ3n) is 13.5. The molecule has 8 atom stereocenters. The second-order valence-electron chi connectivity index (χ2n) is 17.9. The first kappa shape index (κ1) is 59.5. The van der Waals surface area contributed by atoms with Crippen LogP contribution in [0.25, 0.3) is 0 Å². The van der Waals surface area contributed by atoms with Crippen molar-refractivity contribution in [3.05, 3.63) is 144 Å². The SMILES string of the molecule is COC(=O)C(c1ccccc1)C1CCCCN1.COC(=O)C(c1ccccc1)C1CCCCN1.COC(=O)C(c1ccccc1)[C@@H]1CCCCN1.COC(=O)C(c1ccccc1)[C@@H]1CCCCN1.Cl.Cl. The number of hydrogen-bond acceptors (Lipinski definition) is 12. The monoisotopic (exact) mass is 1000 g/mol. The lowest BCUT2D eigenvalue weighted by atomic mass is 9.86. The minimum atomic E-state index is -0.179. The normalized spacial score (nSPS) is 21.2. The molecule has 4 aromatic carbocycles. The van der Waals surface area contributed by atoms with Crippen molar-refractivity contribution in [3.63, 3.8) is 0 Å². The highest BCUT2D eigenvalue weighted by Gasteiger charge is 2.34. The number of hydrogen-bond donors (Lipinski definition) is 4. The number of methoxy groups -OCH3 is 4. The molecule has 8 rings (SSSR count). The summed E-state index contributed by atoms with van der Waals surface area (Å²) in [6.07, 6.45) is 13.6. The molecule has 4 aliphatic rings. The summed E-state index contributed by atoms with van der Waals surface area (Å²) in [5.74, 6) is -1.29. The van der Waals surface area contributed by atoms with Crippen LogP contribution in [-0.2, 0) is 38.1 Å². The summed E-state index contributed by atoms with van der Waals surface area (Å²) in [6, 6.07) is 40.4. The molecule has 0 radical (unpaired) electrons. The fourth-order valence-corrected chi connectivity index (χ4v) is 9.93. The van der Waals surface area contributed by atoms with E-state index >= 15 is 0 Å². The highest BCUT2D eigenvalue weighted by atomic mass is 35.5. The number of piperidine rings is 4. The second-order valence-corrected chi connectivity index (χ2v) is 17.9. The van der Waals surface area contributed by atoms with Crippen LogP contribution in [0.4, 0.5) is 0 Å². The zero-order valence-electron chi connectivity index (χ0n) is 41.6. The molecule has 0 bridgehead atoms. The van der Waals surface area contributed by atoms with Crippen LogP contribution in [0.5, 0.6) is 0 Å². The molecular formula is C56H78Cl2N4O8. The minimum absolute atomic E-state index is 0. The van der Waals surface area contributed by atoms with Crippen LogP contribution in [0.1, 0.15) is 123 Å². The Kier molecular flexibility index (Phi) is 28.6. The molecule has 4 aliphatic heterocycles. The van der Waals surface area contributed by atoms with Crippen molar-refractivity contribution < 1.29 is 38.1 Å². The standard InChI is InChI=1S/4C14H19NO2.2ClH/c4*1-17-14(16)13(11-7-3-2-4-8-11)12-9-5-6-10-15-12;;/h4*2-4,7-8,12-13,15H,5-6,9-10H2,1H3;2*1H/t2*12-,13?;;;;/m00..../s1. The topological polar surface area (TPSA) is 153 Å². The maximum atomic E-state index is 11.9. The Labute approximate surface area is 429 Å². The lowest BCUT2D eigenvalue weighted by Crippen LogP contribution is -2.42. The van der Waals surface area contributed by atoms with Gasteiger partial charge < -0.3 is 40.2 Å². The average Bonchev–Trinajstić information content (AvgIpc) is 3.41. The number of esters is 4. The van der Waals surface area contributed by atoms with E-state index in [9.17, 15) is 19.2 Å². The lowest BCUT2D eigenvalue weighted by molar-refractivity contribution is -0.144. The van der Waals surface area contributed by atoms with Crippen LogP contribution >= 0.6 is 24.8 Å². The minimum Gasteiger partial charge on any atom is -0.469 e. The predicted octanol–water partition coefficient (Wildman–Crippen LogP) is 9.18. The summed E-state index contributed by atoms with van der Waals surface area (Å²) >= 11 is 0. The second kappa shape index (κ2) is 33.7. The van der Waals surface area contributed by atoms with E-state index in [1.54, 1.807) is 0 Å². The van der Waals surface area contributed by atoms with Gasteiger partial charge in [0.05, 0.1) is 52.1 Å². The first-order valence-corrected chi connectivity index (χ1v) is 24.8. The van der Waals surface area contributed by atoms with Gasteiger partial charge in [-0.25, -0.2) is 0 Å². The van der Waals surface area contributed by atoms with Crippen molar-refractivity contribution in [3.8, 4) is 0 Å². The van der Waals surface area contributed by atoms with Crippen molar-refractivity contribution in [2.24, 2.45) is 0 Å². The van der Waals surface area contributed by atoms with Gasteiger partial charge in [-0.3, -0.25) is 19.2 Å². The number of carbonyl (C=O) groups excluding carboxylic acids is 4. The number of halogens is 2. The third kappa shape index (κ3) is 18.4. The Bertz CT molecular complexity index is 1740. The van der Waals surface area contributed by atoms with E-state index in [0.29, 0.717) is 0 Å². The van der Waals surface area contributed by atoms with E-state index in [1.165, 1.54) is 79.8 Å². The molecule has 0 aliphatic carbocycles. The smallest absolute Gasteiger partial charge is 0.314 e. The van der Waals surface area contributed by atoms with Crippen LogP contribution in [0.2, 0.25) is 0 Å². The van der Waals surface area contributed by atoms with E-state index in [2.05, 4.69) is 21.3 Å². The summed E-state index contributed by atoms with van der Waals surface area (Å²) in [5.41, 5.74) is 4.16. The van der Waals surface area contributed by atoms with Gasteiger partial charge in [-0.2, -0.15) is 0 Å². The fraction of sp³-hybridized carbons (Fsp3) is 0.500.